The van der Waals surface area contributed by atoms with Crippen molar-refractivity contribution in [2.24, 2.45) is 0 Å². The average Bonchev–Trinajstić information content (AvgIpc) is 2.93. The zero-order valence-corrected chi connectivity index (χ0v) is 12.6. The topological polar surface area (TPSA) is 64.8 Å². The number of benzene rings is 1. The van der Waals surface area contributed by atoms with Crippen LogP contribution in [0.2, 0.25) is 0 Å². The summed E-state index contributed by atoms with van der Waals surface area (Å²) >= 11 is 0. The molecule has 0 aliphatic heterocycles. The van der Waals surface area contributed by atoms with E-state index in [1.54, 1.807) is 29.8 Å². The molecule has 5 nitrogen and oxygen atoms in total. The molecule has 0 bridgehead atoms. The van der Waals surface area contributed by atoms with Crippen molar-refractivity contribution in [2.75, 3.05) is 5.75 Å². The summed E-state index contributed by atoms with van der Waals surface area (Å²) in [6.07, 6.45) is 3.44. The SMILES string of the molecule is CCn1cc(CCc2cccc(S(=O)(=O)CC)c2)nn1. The first-order chi connectivity index (χ1) is 9.55. The summed E-state index contributed by atoms with van der Waals surface area (Å²) in [6.45, 7) is 4.47. The minimum atomic E-state index is -3.14. The highest BCUT2D eigenvalue weighted by Crippen LogP contribution is 2.14. The summed E-state index contributed by atoms with van der Waals surface area (Å²) in [4.78, 5) is 0.398. The lowest BCUT2D eigenvalue weighted by atomic mass is 10.1. The normalized spacial score (nSPS) is 11.7. The van der Waals surface area contributed by atoms with Crippen LogP contribution in [-0.4, -0.2) is 29.2 Å². The molecular weight excluding hydrogens is 274 g/mol. The molecule has 0 aliphatic rings. The molecule has 20 heavy (non-hydrogen) atoms. The van der Waals surface area contributed by atoms with Gasteiger partial charge < -0.3 is 0 Å². The van der Waals surface area contributed by atoms with Gasteiger partial charge in [-0.2, -0.15) is 0 Å². The Labute approximate surface area is 119 Å². The Kier molecular flexibility index (Phi) is 4.54. The first-order valence-corrected chi connectivity index (χ1v) is 8.41. The van der Waals surface area contributed by atoms with E-state index in [1.807, 2.05) is 19.2 Å². The zero-order chi connectivity index (χ0) is 14.6. The van der Waals surface area contributed by atoms with Crippen molar-refractivity contribution in [3.8, 4) is 0 Å². The van der Waals surface area contributed by atoms with Gasteiger partial charge in [0.1, 0.15) is 0 Å². The maximum atomic E-state index is 11.8. The molecule has 108 valence electrons. The molecule has 0 amide bonds. The molecule has 0 atom stereocenters. The van der Waals surface area contributed by atoms with Gasteiger partial charge in [-0.05, 0) is 37.5 Å². The van der Waals surface area contributed by atoms with Crippen molar-refractivity contribution in [2.45, 2.75) is 38.1 Å². The Hall–Kier alpha value is -1.69. The minimum Gasteiger partial charge on any atom is -0.253 e. The maximum Gasteiger partial charge on any atom is 0.178 e. The Morgan fingerprint density at radius 1 is 1.20 bits per heavy atom. The van der Waals surface area contributed by atoms with E-state index in [2.05, 4.69) is 10.3 Å². The smallest absolute Gasteiger partial charge is 0.178 e. The van der Waals surface area contributed by atoms with Gasteiger partial charge in [0.15, 0.2) is 9.84 Å². The lowest BCUT2D eigenvalue weighted by Gasteiger charge is -2.04. The van der Waals surface area contributed by atoms with Gasteiger partial charge in [-0.3, -0.25) is 4.68 Å². The molecule has 0 unspecified atom stereocenters. The molecule has 1 aromatic carbocycles. The fourth-order valence-electron chi connectivity index (χ4n) is 1.94. The molecule has 0 radical (unpaired) electrons. The summed E-state index contributed by atoms with van der Waals surface area (Å²) in [6, 6.07) is 7.14. The van der Waals surface area contributed by atoms with Crippen molar-refractivity contribution in [3.05, 3.63) is 41.7 Å². The lowest BCUT2D eigenvalue weighted by Crippen LogP contribution is -2.04. The largest absolute Gasteiger partial charge is 0.253 e. The van der Waals surface area contributed by atoms with Crippen molar-refractivity contribution < 1.29 is 8.42 Å². The van der Waals surface area contributed by atoms with E-state index in [0.29, 0.717) is 4.90 Å². The van der Waals surface area contributed by atoms with Crippen molar-refractivity contribution >= 4 is 9.84 Å². The van der Waals surface area contributed by atoms with Crippen LogP contribution in [0.1, 0.15) is 25.1 Å². The Balaban J connectivity index is 2.08. The quantitative estimate of drug-likeness (QED) is 0.815. The number of hydrogen-bond donors (Lipinski definition) is 0. The van der Waals surface area contributed by atoms with Crippen LogP contribution in [0.3, 0.4) is 0 Å². The molecule has 0 aliphatic carbocycles. The highest BCUT2D eigenvalue weighted by atomic mass is 32.2. The van der Waals surface area contributed by atoms with Crippen molar-refractivity contribution in [3.63, 3.8) is 0 Å². The van der Waals surface area contributed by atoms with Crippen LogP contribution in [0.25, 0.3) is 0 Å². The Bertz CT molecular complexity index is 677. The fraction of sp³-hybridized carbons (Fsp3) is 0.429. The van der Waals surface area contributed by atoms with Gasteiger partial charge in [-0.25, -0.2) is 8.42 Å². The van der Waals surface area contributed by atoms with Crippen LogP contribution in [0, 0.1) is 0 Å². The van der Waals surface area contributed by atoms with Crippen molar-refractivity contribution in [1.82, 2.24) is 15.0 Å². The average molecular weight is 293 g/mol. The second kappa shape index (κ2) is 6.17. The molecule has 2 aromatic rings. The molecule has 0 saturated carbocycles. The molecule has 1 aromatic heterocycles. The number of hydrogen-bond acceptors (Lipinski definition) is 4. The monoisotopic (exact) mass is 293 g/mol. The molecule has 0 saturated heterocycles. The van der Waals surface area contributed by atoms with E-state index < -0.39 is 9.84 Å². The number of rotatable bonds is 6. The summed E-state index contributed by atoms with van der Waals surface area (Å²) in [5, 5.41) is 8.07. The minimum absolute atomic E-state index is 0.126. The third-order valence-corrected chi connectivity index (χ3v) is 4.95. The van der Waals surface area contributed by atoms with Gasteiger partial charge >= 0.3 is 0 Å². The van der Waals surface area contributed by atoms with E-state index in [0.717, 1.165) is 30.6 Å². The third-order valence-electron chi connectivity index (χ3n) is 3.22. The highest BCUT2D eigenvalue weighted by molar-refractivity contribution is 7.91. The predicted octanol–water partition coefficient (Wildman–Crippen LogP) is 1.88. The first kappa shape index (κ1) is 14.7. The van der Waals surface area contributed by atoms with E-state index in [4.69, 9.17) is 0 Å². The van der Waals surface area contributed by atoms with Crippen LogP contribution in [0.5, 0.6) is 0 Å². The third kappa shape index (κ3) is 3.45. The van der Waals surface area contributed by atoms with Gasteiger partial charge in [0.25, 0.3) is 0 Å². The summed E-state index contributed by atoms with van der Waals surface area (Å²) in [5.41, 5.74) is 1.93. The molecule has 6 heteroatoms. The second-order valence-electron chi connectivity index (χ2n) is 4.62. The lowest BCUT2D eigenvalue weighted by molar-refractivity contribution is 0.597. The predicted molar refractivity (Wildman–Crippen MR) is 77.3 cm³/mol. The number of aromatic nitrogens is 3. The Morgan fingerprint density at radius 3 is 2.65 bits per heavy atom. The van der Waals surface area contributed by atoms with Crippen LogP contribution in [-0.2, 0) is 29.2 Å². The summed E-state index contributed by atoms with van der Waals surface area (Å²) in [5.74, 6) is 0.126. The van der Waals surface area contributed by atoms with Crippen molar-refractivity contribution in [1.29, 1.82) is 0 Å². The molecule has 0 N–H and O–H groups in total. The second-order valence-corrected chi connectivity index (χ2v) is 6.89. The van der Waals surface area contributed by atoms with Crippen LogP contribution in [0.4, 0.5) is 0 Å². The van der Waals surface area contributed by atoms with Crippen LogP contribution < -0.4 is 0 Å². The maximum absolute atomic E-state index is 11.8. The summed E-state index contributed by atoms with van der Waals surface area (Å²) in [7, 11) is -3.14. The zero-order valence-electron chi connectivity index (χ0n) is 11.8. The van der Waals surface area contributed by atoms with Crippen LogP contribution in [0.15, 0.2) is 35.4 Å². The van der Waals surface area contributed by atoms with E-state index in [-0.39, 0.29) is 5.75 Å². The first-order valence-electron chi connectivity index (χ1n) is 6.76. The van der Waals surface area contributed by atoms with Gasteiger partial charge in [0, 0.05) is 12.7 Å². The molecular formula is C14H19N3O2S. The summed E-state index contributed by atoms with van der Waals surface area (Å²) < 4.78 is 25.5. The van der Waals surface area contributed by atoms with Gasteiger partial charge in [0.05, 0.1) is 16.3 Å². The number of nitrogens with zero attached hydrogens (tertiary/aromatic N) is 3. The van der Waals surface area contributed by atoms with E-state index >= 15 is 0 Å². The Morgan fingerprint density at radius 2 is 2.00 bits per heavy atom. The molecule has 2 rings (SSSR count). The van der Waals surface area contributed by atoms with Crippen LogP contribution >= 0.6 is 0 Å². The van der Waals surface area contributed by atoms with Gasteiger partial charge in [-0.1, -0.05) is 24.3 Å². The molecule has 0 fully saturated rings. The van der Waals surface area contributed by atoms with Gasteiger partial charge in [0.2, 0.25) is 0 Å². The van der Waals surface area contributed by atoms with E-state index in [1.165, 1.54) is 0 Å². The van der Waals surface area contributed by atoms with E-state index in [9.17, 15) is 8.42 Å². The standard InChI is InChI=1S/C14H19N3O2S/c1-3-17-11-13(15-16-17)9-8-12-6-5-7-14(10-12)20(18,19)4-2/h5-7,10-11H,3-4,8-9H2,1-2H3. The molecule has 1 heterocycles. The molecule has 0 spiro atoms. The van der Waals surface area contributed by atoms with Gasteiger partial charge in [-0.15, -0.1) is 5.10 Å². The fourth-order valence-corrected chi connectivity index (χ4v) is 2.89. The highest BCUT2D eigenvalue weighted by Gasteiger charge is 2.11. The number of aryl methyl sites for hydroxylation is 3. The number of sulfone groups is 1.